The van der Waals surface area contributed by atoms with Gasteiger partial charge in [-0.2, -0.15) is 0 Å². The number of thioether (sulfide) groups is 1. The largest absolute Gasteiger partial charge is 0.328 e. The van der Waals surface area contributed by atoms with Crippen LogP contribution < -0.4 is 5.32 Å². The van der Waals surface area contributed by atoms with Crippen molar-refractivity contribution >= 4 is 39.6 Å². The molecule has 0 aliphatic heterocycles. The predicted molar refractivity (Wildman–Crippen MR) is 97.0 cm³/mol. The maximum Gasteiger partial charge on any atom is 0.272 e. The van der Waals surface area contributed by atoms with Gasteiger partial charge in [-0.3, -0.25) is 10.1 Å². The minimum atomic E-state index is -0.384. The number of hydrogen-bond acceptors (Lipinski definition) is 7. The minimum Gasteiger partial charge on any atom is -0.328 e. The van der Waals surface area contributed by atoms with Crippen LogP contribution in [0.4, 0.5) is 20.9 Å². The highest BCUT2D eigenvalue weighted by atomic mass is 32.2. The summed E-state index contributed by atoms with van der Waals surface area (Å²) in [6.07, 6.45) is 0. The molecule has 0 saturated carbocycles. The molecule has 2 aromatic carbocycles. The third-order valence-corrected chi connectivity index (χ3v) is 5.51. The Morgan fingerprint density at radius 2 is 2.04 bits per heavy atom. The Hall–Kier alpha value is -2.52. The van der Waals surface area contributed by atoms with E-state index >= 15 is 0 Å². The van der Waals surface area contributed by atoms with Crippen LogP contribution in [0.5, 0.6) is 0 Å². The number of rotatable bonds is 6. The molecule has 3 aromatic rings. The van der Waals surface area contributed by atoms with E-state index in [0.29, 0.717) is 26.5 Å². The van der Waals surface area contributed by atoms with E-state index < -0.39 is 0 Å². The fourth-order valence-corrected chi connectivity index (χ4v) is 3.99. The van der Waals surface area contributed by atoms with Crippen molar-refractivity contribution < 1.29 is 9.31 Å². The van der Waals surface area contributed by atoms with Crippen molar-refractivity contribution in [1.29, 1.82) is 0 Å². The van der Waals surface area contributed by atoms with E-state index in [9.17, 15) is 14.5 Å². The molecule has 0 amide bonds. The second kappa shape index (κ2) is 7.58. The van der Waals surface area contributed by atoms with Gasteiger partial charge in [0.25, 0.3) is 5.69 Å². The second-order valence-electron chi connectivity index (χ2n) is 5.09. The van der Waals surface area contributed by atoms with Crippen molar-refractivity contribution in [3.63, 3.8) is 0 Å². The summed E-state index contributed by atoms with van der Waals surface area (Å²) < 4.78 is 14.3. The molecule has 0 spiro atoms. The molecule has 25 heavy (non-hydrogen) atoms. The Labute approximate surface area is 151 Å². The lowest BCUT2D eigenvalue weighted by Gasteiger charge is -2.04. The van der Waals surface area contributed by atoms with Crippen LogP contribution in [0.2, 0.25) is 0 Å². The lowest BCUT2D eigenvalue weighted by atomic mass is 10.1. The van der Waals surface area contributed by atoms with Gasteiger partial charge in [-0.05, 0) is 24.6 Å². The van der Waals surface area contributed by atoms with Gasteiger partial charge >= 0.3 is 0 Å². The zero-order valence-corrected chi connectivity index (χ0v) is 14.7. The molecular formula is C16H13FN4O2S2. The smallest absolute Gasteiger partial charge is 0.272 e. The van der Waals surface area contributed by atoms with Crippen LogP contribution in [0.15, 0.2) is 46.8 Å². The van der Waals surface area contributed by atoms with Crippen molar-refractivity contribution in [2.75, 3.05) is 5.32 Å². The lowest BCUT2D eigenvalue weighted by Crippen LogP contribution is -1.95. The van der Waals surface area contributed by atoms with Gasteiger partial charge in [0.15, 0.2) is 4.34 Å². The molecule has 3 rings (SSSR count). The zero-order chi connectivity index (χ0) is 17.8. The average molecular weight is 376 g/mol. The molecule has 6 nitrogen and oxygen atoms in total. The lowest BCUT2D eigenvalue weighted by molar-refractivity contribution is -0.385. The monoisotopic (exact) mass is 376 g/mol. The highest BCUT2D eigenvalue weighted by Gasteiger charge is 2.14. The summed E-state index contributed by atoms with van der Waals surface area (Å²) in [4.78, 5) is 10.6. The molecule has 1 heterocycles. The van der Waals surface area contributed by atoms with Gasteiger partial charge < -0.3 is 5.32 Å². The van der Waals surface area contributed by atoms with Gasteiger partial charge in [0.1, 0.15) is 5.82 Å². The van der Waals surface area contributed by atoms with Gasteiger partial charge in [-0.1, -0.05) is 47.4 Å². The summed E-state index contributed by atoms with van der Waals surface area (Å²) in [7, 11) is 0. The highest BCUT2D eigenvalue weighted by Crippen LogP contribution is 2.32. The van der Waals surface area contributed by atoms with E-state index in [1.165, 1.54) is 35.2 Å². The van der Waals surface area contributed by atoms with Gasteiger partial charge in [-0.25, -0.2) is 4.39 Å². The average Bonchev–Trinajstić information content (AvgIpc) is 3.03. The van der Waals surface area contributed by atoms with Crippen molar-refractivity contribution in [2.45, 2.75) is 17.0 Å². The summed E-state index contributed by atoms with van der Waals surface area (Å²) >= 11 is 2.73. The molecule has 9 heteroatoms. The van der Waals surface area contributed by atoms with Crippen molar-refractivity contribution in [3.8, 4) is 0 Å². The summed E-state index contributed by atoms with van der Waals surface area (Å²) in [5, 5.41) is 22.4. The number of aromatic nitrogens is 2. The van der Waals surface area contributed by atoms with Crippen LogP contribution >= 0.6 is 23.1 Å². The molecule has 0 atom stereocenters. The Bertz CT molecular complexity index is 917. The highest BCUT2D eigenvalue weighted by molar-refractivity contribution is 8.00. The Balaban J connectivity index is 1.68. The maximum atomic E-state index is 13.6. The molecule has 0 radical (unpaired) electrons. The number of para-hydroxylation sites is 1. The van der Waals surface area contributed by atoms with Crippen LogP contribution in [0.3, 0.4) is 0 Å². The first-order valence-corrected chi connectivity index (χ1v) is 9.05. The molecule has 0 unspecified atom stereocenters. The van der Waals surface area contributed by atoms with E-state index in [1.54, 1.807) is 31.2 Å². The number of nitrogens with one attached hydrogen (secondary N) is 1. The maximum absolute atomic E-state index is 13.6. The number of anilines is 2. The third-order valence-electron chi connectivity index (χ3n) is 3.49. The molecule has 0 saturated heterocycles. The molecule has 0 aliphatic carbocycles. The van der Waals surface area contributed by atoms with Crippen LogP contribution in [0.1, 0.15) is 11.1 Å². The number of nitrogens with zero attached hydrogens (tertiary/aromatic N) is 3. The summed E-state index contributed by atoms with van der Waals surface area (Å²) in [5.41, 5.74) is 1.97. The number of benzene rings is 2. The Morgan fingerprint density at radius 1 is 1.24 bits per heavy atom. The fourth-order valence-electron chi connectivity index (χ4n) is 2.16. The molecule has 1 N–H and O–H groups in total. The topological polar surface area (TPSA) is 81.0 Å². The van der Waals surface area contributed by atoms with E-state index in [-0.39, 0.29) is 16.4 Å². The van der Waals surface area contributed by atoms with E-state index in [4.69, 9.17) is 0 Å². The first-order chi connectivity index (χ1) is 12.0. The Morgan fingerprint density at radius 3 is 2.80 bits per heavy atom. The van der Waals surface area contributed by atoms with Crippen LogP contribution in [0, 0.1) is 22.9 Å². The Kier molecular flexibility index (Phi) is 5.25. The molecular weight excluding hydrogens is 363 g/mol. The first kappa shape index (κ1) is 17.3. The number of hydrogen-bond donors (Lipinski definition) is 1. The van der Waals surface area contributed by atoms with Crippen molar-refractivity contribution in [1.82, 2.24) is 10.2 Å². The number of nitro benzene ring substituents is 1. The quantitative estimate of drug-likeness (QED) is 0.373. The fraction of sp³-hybridized carbons (Fsp3) is 0.125. The van der Waals surface area contributed by atoms with E-state index in [2.05, 4.69) is 15.5 Å². The predicted octanol–water partition coefficient (Wildman–Crippen LogP) is 4.93. The van der Waals surface area contributed by atoms with Gasteiger partial charge in [0.2, 0.25) is 5.13 Å². The second-order valence-corrected chi connectivity index (χ2v) is 7.29. The van der Waals surface area contributed by atoms with Crippen LogP contribution in [0.25, 0.3) is 0 Å². The summed E-state index contributed by atoms with van der Waals surface area (Å²) in [5.74, 6) is 0.182. The minimum absolute atomic E-state index is 0.109. The molecule has 0 fully saturated rings. The number of halogens is 1. The first-order valence-electron chi connectivity index (χ1n) is 7.25. The zero-order valence-electron chi connectivity index (χ0n) is 13.1. The van der Waals surface area contributed by atoms with Crippen LogP contribution in [-0.4, -0.2) is 15.1 Å². The van der Waals surface area contributed by atoms with E-state index in [0.717, 1.165) is 5.56 Å². The number of nitro groups is 1. The molecule has 0 bridgehead atoms. The normalized spacial score (nSPS) is 10.6. The van der Waals surface area contributed by atoms with Crippen molar-refractivity contribution in [3.05, 3.63) is 69.5 Å². The third kappa shape index (κ3) is 4.12. The standard InChI is InChI=1S/C16H13FN4O2S2/c1-10-11(5-4-8-14(10)21(22)23)9-24-16-20-19-15(25-16)18-13-7-3-2-6-12(13)17/h2-8H,9H2,1H3,(H,18,19). The van der Waals surface area contributed by atoms with E-state index in [1.807, 2.05) is 6.07 Å². The van der Waals surface area contributed by atoms with Gasteiger partial charge in [0.05, 0.1) is 10.6 Å². The summed E-state index contributed by atoms with van der Waals surface area (Å²) in [6, 6.07) is 11.3. The molecule has 128 valence electrons. The molecule has 1 aromatic heterocycles. The molecule has 0 aliphatic rings. The van der Waals surface area contributed by atoms with Crippen LogP contribution in [-0.2, 0) is 5.75 Å². The van der Waals surface area contributed by atoms with Gasteiger partial charge in [-0.15, -0.1) is 10.2 Å². The van der Waals surface area contributed by atoms with Crippen molar-refractivity contribution in [2.24, 2.45) is 0 Å². The SMILES string of the molecule is Cc1c(CSc2nnc(Nc3ccccc3F)s2)cccc1[N+](=O)[O-]. The van der Waals surface area contributed by atoms with Gasteiger partial charge in [0, 0.05) is 17.4 Å². The summed E-state index contributed by atoms with van der Waals surface area (Å²) in [6.45, 7) is 1.74.